The zero-order chi connectivity index (χ0) is 14.8. The SMILES string of the molecule is C[C@@H]1CCCC[C@@H]1NC(=O)c1cc(Cl)nc2ccccc12. The average molecular weight is 303 g/mol. The Morgan fingerprint density at radius 2 is 2.05 bits per heavy atom. The van der Waals surface area contributed by atoms with Gasteiger partial charge in [0.2, 0.25) is 0 Å². The third-order valence-electron chi connectivity index (χ3n) is 4.36. The third-order valence-corrected chi connectivity index (χ3v) is 4.55. The van der Waals surface area contributed by atoms with Gasteiger partial charge in [0.05, 0.1) is 11.1 Å². The normalized spacial score (nSPS) is 22.2. The molecule has 1 fully saturated rings. The summed E-state index contributed by atoms with van der Waals surface area (Å²) in [6, 6.07) is 9.53. The van der Waals surface area contributed by atoms with Crippen molar-refractivity contribution in [3.05, 3.63) is 41.0 Å². The fraction of sp³-hybridized carbons (Fsp3) is 0.412. The minimum Gasteiger partial charge on any atom is -0.349 e. The van der Waals surface area contributed by atoms with Gasteiger partial charge in [0.15, 0.2) is 0 Å². The fourth-order valence-corrected chi connectivity index (χ4v) is 3.31. The van der Waals surface area contributed by atoms with Gasteiger partial charge in [-0.3, -0.25) is 4.79 Å². The second-order valence-electron chi connectivity index (χ2n) is 5.85. The molecule has 1 N–H and O–H groups in total. The van der Waals surface area contributed by atoms with E-state index < -0.39 is 0 Å². The Bertz CT molecular complexity index is 671. The molecule has 1 aliphatic carbocycles. The molecule has 1 saturated carbocycles. The lowest BCUT2D eigenvalue weighted by Crippen LogP contribution is -2.41. The second kappa shape index (κ2) is 6.02. The predicted octanol–water partition coefficient (Wildman–Crippen LogP) is 4.20. The highest BCUT2D eigenvalue weighted by Gasteiger charge is 2.24. The minimum absolute atomic E-state index is 0.0470. The zero-order valence-corrected chi connectivity index (χ0v) is 12.9. The van der Waals surface area contributed by atoms with E-state index in [4.69, 9.17) is 11.6 Å². The van der Waals surface area contributed by atoms with Gasteiger partial charge in [-0.1, -0.05) is 49.6 Å². The van der Waals surface area contributed by atoms with Gasteiger partial charge < -0.3 is 5.32 Å². The lowest BCUT2D eigenvalue weighted by molar-refractivity contribution is 0.0912. The summed E-state index contributed by atoms with van der Waals surface area (Å²) in [5.41, 5.74) is 1.37. The summed E-state index contributed by atoms with van der Waals surface area (Å²) in [6.07, 6.45) is 4.69. The van der Waals surface area contributed by atoms with Crippen LogP contribution in [0.2, 0.25) is 5.15 Å². The molecule has 0 bridgehead atoms. The number of carbonyl (C=O) groups excluding carboxylic acids is 1. The van der Waals surface area contributed by atoms with Crippen molar-refractivity contribution < 1.29 is 4.79 Å². The maximum atomic E-state index is 12.6. The number of nitrogens with one attached hydrogen (secondary N) is 1. The van der Waals surface area contributed by atoms with E-state index in [1.807, 2.05) is 24.3 Å². The summed E-state index contributed by atoms with van der Waals surface area (Å²) in [7, 11) is 0. The monoisotopic (exact) mass is 302 g/mol. The molecule has 4 heteroatoms. The van der Waals surface area contributed by atoms with Crippen molar-refractivity contribution >= 4 is 28.4 Å². The number of carbonyl (C=O) groups is 1. The molecule has 3 rings (SSSR count). The smallest absolute Gasteiger partial charge is 0.252 e. The first-order valence-corrected chi connectivity index (χ1v) is 7.89. The van der Waals surface area contributed by atoms with E-state index in [9.17, 15) is 4.79 Å². The van der Waals surface area contributed by atoms with Crippen LogP contribution in [0.4, 0.5) is 0 Å². The molecule has 1 aliphatic rings. The molecule has 3 nitrogen and oxygen atoms in total. The molecule has 0 unspecified atom stereocenters. The number of nitrogens with zero attached hydrogens (tertiary/aromatic N) is 1. The Kier molecular flexibility index (Phi) is 4.11. The van der Waals surface area contributed by atoms with Crippen LogP contribution in [0.25, 0.3) is 10.9 Å². The Labute approximate surface area is 129 Å². The van der Waals surface area contributed by atoms with Gasteiger partial charge in [-0.15, -0.1) is 0 Å². The summed E-state index contributed by atoms with van der Waals surface area (Å²) >= 11 is 6.05. The van der Waals surface area contributed by atoms with E-state index in [0.29, 0.717) is 16.6 Å². The number of para-hydroxylation sites is 1. The minimum atomic E-state index is -0.0470. The zero-order valence-electron chi connectivity index (χ0n) is 12.1. The van der Waals surface area contributed by atoms with Gasteiger partial charge in [-0.05, 0) is 30.9 Å². The molecular weight excluding hydrogens is 284 g/mol. The van der Waals surface area contributed by atoms with Crippen LogP contribution >= 0.6 is 11.6 Å². The summed E-state index contributed by atoms with van der Waals surface area (Å²) in [6.45, 7) is 2.21. The van der Waals surface area contributed by atoms with E-state index in [2.05, 4.69) is 17.2 Å². The number of aromatic nitrogens is 1. The lowest BCUT2D eigenvalue weighted by atomic mass is 9.86. The first-order valence-electron chi connectivity index (χ1n) is 7.51. The number of benzene rings is 1. The number of hydrogen-bond acceptors (Lipinski definition) is 2. The highest BCUT2D eigenvalue weighted by molar-refractivity contribution is 6.30. The molecule has 110 valence electrons. The molecule has 1 amide bonds. The average Bonchev–Trinajstić information content (AvgIpc) is 2.48. The van der Waals surface area contributed by atoms with Gasteiger partial charge >= 0.3 is 0 Å². The number of pyridine rings is 1. The molecule has 1 aromatic carbocycles. The number of rotatable bonds is 2. The van der Waals surface area contributed by atoms with Gasteiger partial charge in [0, 0.05) is 11.4 Å². The van der Waals surface area contributed by atoms with Crippen LogP contribution in [0, 0.1) is 5.92 Å². The molecule has 0 radical (unpaired) electrons. The Balaban J connectivity index is 1.90. The molecule has 2 aromatic rings. The Morgan fingerprint density at radius 3 is 2.86 bits per heavy atom. The number of halogens is 1. The van der Waals surface area contributed by atoms with Crippen molar-refractivity contribution in [2.45, 2.75) is 38.6 Å². The predicted molar refractivity (Wildman–Crippen MR) is 85.6 cm³/mol. The summed E-state index contributed by atoms with van der Waals surface area (Å²) < 4.78 is 0. The second-order valence-corrected chi connectivity index (χ2v) is 6.24. The van der Waals surface area contributed by atoms with Crippen molar-refractivity contribution in [3.63, 3.8) is 0 Å². The van der Waals surface area contributed by atoms with Crippen LogP contribution in [-0.4, -0.2) is 16.9 Å². The van der Waals surface area contributed by atoms with Crippen LogP contribution < -0.4 is 5.32 Å². The van der Waals surface area contributed by atoms with Crippen LogP contribution in [-0.2, 0) is 0 Å². The molecule has 1 heterocycles. The third kappa shape index (κ3) is 3.03. The molecule has 0 aliphatic heterocycles. The van der Waals surface area contributed by atoms with Gasteiger partial charge in [0.1, 0.15) is 5.15 Å². The quantitative estimate of drug-likeness (QED) is 0.845. The van der Waals surface area contributed by atoms with Gasteiger partial charge in [-0.25, -0.2) is 4.98 Å². The van der Waals surface area contributed by atoms with Crippen LogP contribution in [0.15, 0.2) is 30.3 Å². The summed E-state index contributed by atoms with van der Waals surface area (Å²) in [5.74, 6) is 0.487. The van der Waals surface area contributed by atoms with Crippen LogP contribution in [0.3, 0.4) is 0 Å². The molecular formula is C17H19ClN2O. The van der Waals surface area contributed by atoms with E-state index in [0.717, 1.165) is 17.3 Å². The fourth-order valence-electron chi connectivity index (χ4n) is 3.11. The number of amides is 1. The van der Waals surface area contributed by atoms with Crippen molar-refractivity contribution in [1.29, 1.82) is 0 Å². The Hall–Kier alpha value is -1.61. The molecule has 0 spiro atoms. The van der Waals surface area contributed by atoms with Crippen LogP contribution in [0.1, 0.15) is 43.0 Å². The van der Waals surface area contributed by atoms with Crippen molar-refractivity contribution in [2.24, 2.45) is 5.92 Å². The maximum absolute atomic E-state index is 12.6. The molecule has 1 aromatic heterocycles. The van der Waals surface area contributed by atoms with E-state index in [-0.39, 0.29) is 11.9 Å². The number of hydrogen-bond donors (Lipinski definition) is 1. The summed E-state index contributed by atoms with van der Waals surface area (Å²) in [4.78, 5) is 16.9. The largest absolute Gasteiger partial charge is 0.349 e. The lowest BCUT2D eigenvalue weighted by Gasteiger charge is -2.29. The van der Waals surface area contributed by atoms with Gasteiger partial charge in [-0.2, -0.15) is 0 Å². The molecule has 0 saturated heterocycles. The van der Waals surface area contributed by atoms with Crippen molar-refractivity contribution in [2.75, 3.05) is 0 Å². The van der Waals surface area contributed by atoms with E-state index in [1.165, 1.54) is 19.3 Å². The van der Waals surface area contributed by atoms with Gasteiger partial charge in [0.25, 0.3) is 5.91 Å². The highest BCUT2D eigenvalue weighted by atomic mass is 35.5. The van der Waals surface area contributed by atoms with E-state index >= 15 is 0 Å². The van der Waals surface area contributed by atoms with E-state index in [1.54, 1.807) is 6.07 Å². The summed E-state index contributed by atoms with van der Waals surface area (Å²) in [5, 5.41) is 4.39. The van der Waals surface area contributed by atoms with Crippen molar-refractivity contribution in [1.82, 2.24) is 10.3 Å². The standard InChI is InChI=1S/C17H19ClN2O/c1-11-6-2-4-8-14(11)20-17(21)13-10-16(18)19-15-9-5-3-7-12(13)15/h3,5,7,9-11,14H,2,4,6,8H2,1H3,(H,20,21)/t11-,14+/m1/s1. The highest BCUT2D eigenvalue weighted by Crippen LogP contribution is 2.25. The van der Waals surface area contributed by atoms with Crippen LogP contribution in [0.5, 0.6) is 0 Å². The number of fused-ring (bicyclic) bond motifs is 1. The molecule has 21 heavy (non-hydrogen) atoms. The maximum Gasteiger partial charge on any atom is 0.252 e. The topological polar surface area (TPSA) is 42.0 Å². The first kappa shape index (κ1) is 14.3. The van der Waals surface area contributed by atoms with Crippen molar-refractivity contribution in [3.8, 4) is 0 Å². The first-order chi connectivity index (χ1) is 10.1. The Morgan fingerprint density at radius 1 is 1.29 bits per heavy atom. The molecule has 2 atom stereocenters.